The SMILES string of the molecule is C[N+](C)(CCS(=O)(=O)[O-])Cc1cccc(O)c1O. The average Bonchev–Trinajstić information content (AvgIpc) is 2.21. The van der Waals surface area contributed by atoms with Gasteiger partial charge in [-0.15, -0.1) is 0 Å². The van der Waals surface area contributed by atoms with Crippen molar-refractivity contribution in [3.8, 4) is 11.5 Å². The van der Waals surface area contributed by atoms with Gasteiger partial charge in [-0.3, -0.25) is 0 Å². The predicted molar refractivity (Wildman–Crippen MR) is 65.0 cm³/mol. The highest BCUT2D eigenvalue weighted by molar-refractivity contribution is 7.85. The second kappa shape index (κ2) is 5.13. The Morgan fingerprint density at radius 1 is 1.28 bits per heavy atom. The second-order valence-corrected chi connectivity index (χ2v) is 6.39. The number of hydrogen-bond acceptors (Lipinski definition) is 5. The summed E-state index contributed by atoms with van der Waals surface area (Å²) in [4.78, 5) is 0. The zero-order valence-electron chi connectivity index (χ0n) is 10.3. The molecular formula is C11H17NO5S. The smallest absolute Gasteiger partial charge is 0.166 e. The largest absolute Gasteiger partial charge is 0.748 e. The highest BCUT2D eigenvalue weighted by atomic mass is 32.2. The van der Waals surface area contributed by atoms with Crippen LogP contribution in [0.3, 0.4) is 0 Å². The molecule has 6 nitrogen and oxygen atoms in total. The van der Waals surface area contributed by atoms with Crippen LogP contribution in [0.15, 0.2) is 18.2 Å². The van der Waals surface area contributed by atoms with E-state index < -0.39 is 15.9 Å². The Bertz CT molecular complexity index is 524. The van der Waals surface area contributed by atoms with Crippen LogP contribution in [-0.2, 0) is 16.7 Å². The Balaban J connectivity index is 2.79. The number of phenols is 2. The molecule has 0 radical (unpaired) electrons. The number of aromatic hydroxyl groups is 2. The van der Waals surface area contributed by atoms with Gasteiger partial charge in [-0.25, -0.2) is 8.42 Å². The fourth-order valence-electron chi connectivity index (χ4n) is 1.60. The van der Waals surface area contributed by atoms with Gasteiger partial charge in [0.25, 0.3) is 0 Å². The third-order valence-corrected chi connectivity index (χ3v) is 3.33. The number of phenolic OH excluding ortho intramolecular Hbond substituents is 2. The lowest BCUT2D eigenvalue weighted by Gasteiger charge is -2.30. The van der Waals surface area contributed by atoms with Gasteiger partial charge in [0.1, 0.15) is 16.7 Å². The highest BCUT2D eigenvalue weighted by Gasteiger charge is 2.20. The van der Waals surface area contributed by atoms with Gasteiger partial charge >= 0.3 is 0 Å². The first kappa shape index (κ1) is 14.7. The van der Waals surface area contributed by atoms with Crippen molar-refractivity contribution in [1.29, 1.82) is 0 Å². The van der Waals surface area contributed by atoms with Crippen molar-refractivity contribution in [3.05, 3.63) is 23.8 Å². The normalized spacial score (nSPS) is 12.6. The fourth-order valence-corrected chi connectivity index (χ4v) is 2.32. The summed E-state index contributed by atoms with van der Waals surface area (Å²) in [5, 5.41) is 19.0. The quantitative estimate of drug-likeness (QED) is 0.455. The van der Waals surface area contributed by atoms with Gasteiger partial charge in [0.2, 0.25) is 0 Å². The minimum absolute atomic E-state index is 0.140. The van der Waals surface area contributed by atoms with Gasteiger partial charge in [-0.2, -0.15) is 0 Å². The minimum Gasteiger partial charge on any atom is -0.748 e. The van der Waals surface area contributed by atoms with E-state index >= 15 is 0 Å². The molecule has 0 saturated heterocycles. The Hall–Kier alpha value is -1.31. The van der Waals surface area contributed by atoms with Crippen LogP contribution in [0, 0.1) is 0 Å². The van der Waals surface area contributed by atoms with Crippen molar-refractivity contribution in [3.63, 3.8) is 0 Å². The van der Waals surface area contributed by atoms with Gasteiger partial charge in [0.15, 0.2) is 11.5 Å². The zero-order valence-corrected chi connectivity index (χ0v) is 11.1. The number of para-hydroxylation sites is 1. The molecule has 0 aromatic heterocycles. The lowest BCUT2D eigenvalue weighted by atomic mass is 10.1. The van der Waals surface area contributed by atoms with Crippen LogP contribution < -0.4 is 0 Å². The van der Waals surface area contributed by atoms with Crippen LogP contribution in [0.4, 0.5) is 0 Å². The van der Waals surface area contributed by atoms with Crippen LogP contribution >= 0.6 is 0 Å². The summed E-state index contributed by atoms with van der Waals surface area (Å²) in [5.41, 5.74) is 0.503. The lowest BCUT2D eigenvalue weighted by molar-refractivity contribution is -0.901. The average molecular weight is 275 g/mol. The number of nitrogens with zero attached hydrogens (tertiary/aromatic N) is 1. The molecule has 0 amide bonds. The summed E-state index contributed by atoms with van der Waals surface area (Å²) >= 11 is 0. The molecule has 0 atom stereocenters. The van der Waals surface area contributed by atoms with Gasteiger partial charge in [-0.05, 0) is 12.1 Å². The van der Waals surface area contributed by atoms with Crippen LogP contribution in [-0.4, -0.2) is 54.1 Å². The zero-order chi connectivity index (χ0) is 14.0. The summed E-state index contributed by atoms with van der Waals surface area (Å²) in [5.74, 6) is -0.892. The van der Waals surface area contributed by atoms with Gasteiger partial charge in [0, 0.05) is 0 Å². The van der Waals surface area contributed by atoms with E-state index in [4.69, 9.17) is 0 Å². The van der Waals surface area contributed by atoms with E-state index in [2.05, 4.69) is 0 Å². The maximum Gasteiger partial charge on any atom is 0.166 e. The number of benzene rings is 1. The molecule has 0 fully saturated rings. The molecule has 0 unspecified atom stereocenters. The molecule has 102 valence electrons. The van der Waals surface area contributed by atoms with Crippen molar-refractivity contribution in [1.82, 2.24) is 0 Å². The van der Waals surface area contributed by atoms with E-state index in [1.54, 1.807) is 26.2 Å². The van der Waals surface area contributed by atoms with E-state index in [1.165, 1.54) is 6.07 Å². The van der Waals surface area contributed by atoms with Crippen LogP contribution in [0.2, 0.25) is 0 Å². The summed E-state index contributed by atoms with van der Waals surface area (Å²) in [6, 6.07) is 4.59. The summed E-state index contributed by atoms with van der Waals surface area (Å²) in [6.45, 7) is 0.455. The first-order valence-corrected chi connectivity index (χ1v) is 6.94. The molecule has 0 bridgehead atoms. The first-order chi connectivity index (χ1) is 8.11. The minimum atomic E-state index is -4.25. The third-order valence-electron chi connectivity index (χ3n) is 2.64. The number of rotatable bonds is 5. The summed E-state index contributed by atoms with van der Waals surface area (Å²) in [6.07, 6.45) is 0. The molecule has 0 spiro atoms. The van der Waals surface area contributed by atoms with Crippen LogP contribution in [0.1, 0.15) is 5.56 Å². The van der Waals surface area contributed by atoms with Crippen molar-refractivity contribution in [2.45, 2.75) is 6.54 Å². The molecule has 1 aromatic carbocycles. The van der Waals surface area contributed by atoms with Crippen molar-refractivity contribution in [2.24, 2.45) is 0 Å². The highest BCUT2D eigenvalue weighted by Crippen LogP contribution is 2.29. The van der Waals surface area contributed by atoms with Gasteiger partial charge in [-0.1, -0.05) is 6.07 Å². The maximum absolute atomic E-state index is 10.6. The van der Waals surface area contributed by atoms with E-state index in [0.717, 1.165) is 0 Å². The molecule has 18 heavy (non-hydrogen) atoms. The molecular weight excluding hydrogens is 258 g/mol. The molecule has 1 rings (SSSR count). The molecule has 0 heterocycles. The van der Waals surface area contributed by atoms with Crippen LogP contribution in [0.25, 0.3) is 0 Å². The molecule has 0 aliphatic rings. The van der Waals surface area contributed by atoms with Crippen LogP contribution in [0.5, 0.6) is 11.5 Å². The van der Waals surface area contributed by atoms with E-state index in [9.17, 15) is 23.2 Å². The van der Waals surface area contributed by atoms with Crippen molar-refractivity contribution in [2.75, 3.05) is 26.4 Å². The Morgan fingerprint density at radius 3 is 2.44 bits per heavy atom. The van der Waals surface area contributed by atoms with Gasteiger partial charge < -0.3 is 19.2 Å². The van der Waals surface area contributed by atoms with E-state index in [-0.39, 0.29) is 22.5 Å². The van der Waals surface area contributed by atoms with Crippen molar-refractivity contribution >= 4 is 10.1 Å². The van der Waals surface area contributed by atoms with Crippen molar-refractivity contribution < 1.29 is 27.7 Å². The monoisotopic (exact) mass is 275 g/mol. The molecule has 0 aliphatic carbocycles. The van der Waals surface area contributed by atoms with Gasteiger partial charge in [0.05, 0.1) is 32.0 Å². The maximum atomic E-state index is 10.6. The summed E-state index contributed by atoms with van der Waals surface area (Å²) in [7, 11) is -0.756. The number of hydrogen-bond donors (Lipinski definition) is 2. The third kappa shape index (κ3) is 4.52. The molecule has 7 heteroatoms. The fraction of sp³-hybridized carbons (Fsp3) is 0.455. The second-order valence-electron chi connectivity index (χ2n) is 4.86. The lowest BCUT2D eigenvalue weighted by Crippen LogP contribution is -2.42. The molecule has 0 aliphatic heterocycles. The predicted octanol–water partition coefficient (Wildman–Crippen LogP) is 0.219. The first-order valence-electron chi connectivity index (χ1n) is 5.36. The summed E-state index contributed by atoms with van der Waals surface area (Å²) < 4.78 is 32.0. The standard InChI is InChI=1S/C11H17NO5S/c1-12(2,6-7-18(15,16)17)8-9-4-3-5-10(13)11(9)14/h3-5H,6-8H2,1-2H3,(H2-,13,14,15,16,17). The molecule has 1 aromatic rings. The Kier molecular flexibility index (Phi) is 4.20. The Morgan fingerprint density at radius 2 is 1.89 bits per heavy atom. The topological polar surface area (TPSA) is 97.7 Å². The van der Waals surface area contributed by atoms with E-state index in [1.807, 2.05) is 0 Å². The molecule has 0 saturated carbocycles. The Labute approximate surface area is 106 Å². The number of quaternary nitrogens is 1. The van der Waals surface area contributed by atoms with E-state index in [0.29, 0.717) is 12.1 Å². The molecule has 2 N–H and O–H groups in total.